The van der Waals surface area contributed by atoms with Crippen molar-refractivity contribution in [3.63, 3.8) is 0 Å². The molecule has 1 aliphatic carbocycles. The molecule has 2 aliphatic heterocycles. The van der Waals surface area contributed by atoms with Crippen molar-refractivity contribution in [3.8, 4) is 0 Å². The van der Waals surface area contributed by atoms with Crippen molar-refractivity contribution in [2.75, 3.05) is 0 Å². The molecular formula is C26H16Na2O8S2. The molecule has 0 saturated carbocycles. The molecule has 2 bridgehead atoms. The summed E-state index contributed by atoms with van der Waals surface area (Å²) in [5.74, 6) is 0. The van der Waals surface area contributed by atoms with E-state index in [4.69, 9.17) is 9.78 Å². The predicted molar refractivity (Wildman–Crippen MR) is 124 cm³/mol. The summed E-state index contributed by atoms with van der Waals surface area (Å²) in [6.45, 7) is 0. The van der Waals surface area contributed by atoms with Gasteiger partial charge in [0, 0.05) is 22.3 Å². The molecule has 182 valence electrons. The van der Waals surface area contributed by atoms with Gasteiger partial charge < -0.3 is 9.11 Å². The van der Waals surface area contributed by atoms with E-state index in [1.165, 1.54) is 36.4 Å². The summed E-state index contributed by atoms with van der Waals surface area (Å²) in [5.41, 5.74) is -0.396. The largest absolute Gasteiger partial charge is 1.00 e. The van der Waals surface area contributed by atoms with Crippen molar-refractivity contribution in [3.05, 3.63) is 130 Å². The number of fused-ring (bicyclic) bond motifs is 1. The van der Waals surface area contributed by atoms with Crippen molar-refractivity contribution >= 4 is 20.2 Å². The SMILES string of the molecule is O=S(=O)([O-])c1ccc2c(c1)[C@@]1(c3ccccc3)OO[C@]2(c2ccccc2)c2cc(S(=O)(=O)[O-])ccc21.[Na+].[Na+]. The van der Waals surface area contributed by atoms with Crippen molar-refractivity contribution in [1.29, 1.82) is 0 Å². The zero-order chi connectivity index (χ0) is 25.3. The Morgan fingerprint density at radius 1 is 0.500 bits per heavy atom. The topological polar surface area (TPSA) is 133 Å². The quantitative estimate of drug-likeness (QED) is 0.149. The molecule has 0 saturated heterocycles. The van der Waals surface area contributed by atoms with Crippen LogP contribution in [0.1, 0.15) is 33.4 Å². The smallest absolute Gasteiger partial charge is 0.744 e. The van der Waals surface area contributed by atoms with Gasteiger partial charge in [-0.15, -0.1) is 0 Å². The van der Waals surface area contributed by atoms with E-state index in [0.29, 0.717) is 33.4 Å². The maximum absolute atomic E-state index is 12.0. The minimum absolute atomic E-state index is 0. The zero-order valence-electron chi connectivity index (χ0n) is 20.3. The van der Waals surface area contributed by atoms with Crippen molar-refractivity contribution < 1.29 is 94.8 Å². The summed E-state index contributed by atoms with van der Waals surface area (Å²) in [5, 5.41) is 0. The maximum Gasteiger partial charge on any atom is 1.00 e. The fourth-order valence-corrected chi connectivity index (χ4v) is 6.21. The van der Waals surface area contributed by atoms with Crippen molar-refractivity contribution in [2.24, 2.45) is 0 Å². The van der Waals surface area contributed by atoms with Gasteiger partial charge in [-0.05, 0) is 35.4 Å². The van der Waals surface area contributed by atoms with E-state index in [1.54, 1.807) is 60.7 Å². The monoisotopic (exact) mass is 566 g/mol. The third-order valence-corrected chi connectivity index (χ3v) is 8.39. The van der Waals surface area contributed by atoms with Crippen LogP contribution in [0.25, 0.3) is 0 Å². The first-order valence-corrected chi connectivity index (χ1v) is 13.6. The summed E-state index contributed by atoms with van der Waals surface area (Å²) in [6, 6.07) is 25.4. The molecule has 3 aliphatic rings. The Labute approximate surface area is 264 Å². The first-order chi connectivity index (χ1) is 17.1. The molecule has 2 atom stereocenters. The summed E-state index contributed by atoms with van der Waals surface area (Å²) in [6.07, 6.45) is 0. The van der Waals surface area contributed by atoms with Crippen molar-refractivity contribution in [2.45, 2.75) is 21.0 Å². The van der Waals surface area contributed by atoms with Crippen LogP contribution in [0.4, 0.5) is 0 Å². The second-order valence-corrected chi connectivity index (χ2v) is 11.3. The third-order valence-electron chi connectivity index (χ3n) is 6.73. The van der Waals surface area contributed by atoms with Gasteiger partial charge in [-0.3, -0.25) is 0 Å². The molecule has 4 aromatic rings. The van der Waals surface area contributed by atoms with Gasteiger partial charge in [0.2, 0.25) is 0 Å². The molecule has 0 unspecified atom stereocenters. The summed E-state index contributed by atoms with van der Waals surface area (Å²) in [7, 11) is -9.63. The van der Waals surface area contributed by atoms with Gasteiger partial charge in [-0.2, -0.15) is 0 Å². The van der Waals surface area contributed by atoms with Gasteiger partial charge in [0.05, 0.1) is 9.79 Å². The molecule has 0 fully saturated rings. The second-order valence-electron chi connectivity index (χ2n) is 8.58. The Balaban J connectivity index is 0.00000168. The van der Waals surface area contributed by atoms with Crippen LogP contribution < -0.4 is 59.1 Å². The molecule has 0 aromatic heterocycles. The van der Waals surface area contributed by atoms with E-state index in [1.807, 2.05) is 0 Å². The molecule has 0 N–H and O–H groups in total. The van der Waals surface area contributed by atoms with E-state index in [0.717, 1.165) is 0 Å². The Kier molecular flexibility index (Phi) is 7.96. The van der Waals surface area contributed by atoms with Gasteiger partial charge in [0.1, 0.15) is 20.2 Å². The maximum atomic E-state index is 12.0. The van der Waals surface area contributed by atoms with Crippen LogP contribution in [0.15, 0.2) is 107 Å². The molecule has 8 nitrogen and oxygen atoms in total. The van der Waals surface area contributed by atoms with Crippen LogP contribution in [0.2, 0.25) is 0 Å². The standard InChI is InChI=1S/C26H18O8S2.2Na/c27-35(28,29)19-12-14-22-23(15-19)25(17-7-3-1-4-8-17)21-13-11-20(36(30,31)32)16-24(21)26(22,34-33-25)18-9-5-2-6-10-18;;/h1-16H,(H,27,28,29)(H,30,31,32);;/q;2*+1/p-2/t25-,26-;;/m0../s1. The molecule has 0 spiro atoms. The number of rotatable bonds is 4. The summed E-state index contributed by atoms with van der Waals surface area (Å²) in [4.78, 5) is 11.4. The molecular weight excluding hydrogens is 550 g/mol. The molecule has 0 amide bonds. The third kappa shape index (κ3) is 4.28. The van der Waals surface area contributed by atoms with Crippen LogP contribution in [-0.4, -0.2) is 25.9 Å². The van der Waals surface area contributed by atoms with Gasteiger partial charge in [0.25, 0.3) is 0 Å². The average Bonchev–Trinajstić information content (AvgIpc) is 2.88. The van der Waals surface area contributed by atoms with E-state index in [2.05, 4.69) is 0 Å². The fourth-order valence-electron chi connectivity index (χ4n) is 5.21. The minimum Gasteiger partial charge on any atom is -0.744 e. The molecule has 38 heavy (non-hydrogen) atoms. The Hall–Kier alpha value is -1.38. The van der Waals surface area contributed by atoms with E-state index >= 15 is 0 Å². The van der Waals surface area contributed by atoms with Crippen LogP contribution >= 0.6 is 0 Å². The van der Waals surface area contributed by atoms with Crippen LogP contribution in [-0.2, 0) is 41.2 Å². The van der Waals surface area contributed by atoms with Crippen molar-refractivity contribution in [1.82, 2.24) is 0 Å². The summed E-state index contributed by atoms with van der Waals surface area (Å²) >= 11 is 0. The Morgan fingerprint density at radius 2 is 0.842 bits per heavy atom. The van der Waals surface area contributed by atoms with E-state index in [-0.39, 0.29) is 59.1 Å². The van der Waals surface area contributed by atoms with Crippen LogP contribution in [0.3, 0.4) is 0 Å². The molecule has 0 radical (unpaired) electrons. The van der Waals surface area contributed by atoms with Gasteiger partial charge >= 0.3 is 59.1 Å². The molecule has 2 heterocycles. The minimum atomic E-state index is -4.82. The average molecular weight is 567 g/mol. The first kappa shape index (κ1) is 29.6. The number of hydrogen-bond donors (Lipinski definition) is 0. The fraction of sp³-hybridized carbons (Fsp3) is 0.0769. The van der Waals surface area contributed by atoms with E-state index in [9.17, 15) is 25.9 Å². The van der Waals surface area contributed by atoms with Crippen LogP contribution in [0, 0.1) is 0 Å². The predicted octanol–water partition coefficient (Wildman–Crippen LogP) is -2.64. The molecule has 7 rings (SSSR count). The van der Waals surface area contributed by atoms with Crippen LogP contribution in [0.5, 0.6) is 0 Å². The number of benzene rings is 4. The normalized spacial score (nSPS) is 21.4. The van der Waals surface area contributed by atoms with Gasteiger partial charge in [0.15, 0.2) is 11.2 Å². The molecule has 12 heteroatoms. The number of hydrogen-bond acceptors (Lipinski definition) is 8. The van der Waals surface area contributed by atoms with Gasteiger partial charge in [-0.25, -0.2) is 26.6 Å². The second kappa shape index (κ2) is 10.2. The zero-order valence-corrected chi connectivity index (χ0v) is 26.0. The molecule has 4 aromatic carbocycles. The van der Waals surface area contributed by atoms with E-state index < -0.39 is 41.2 Å². The Bertz CT molecular complexity index is 1620. The summed E-state index contributed by atoms with van der Waals surface area (Å²) < 4.78 is 71.9. The Morgan fingerprint density at radius 3 is 1.16 bits per heavy atom. The van der Waals surface area contributed by atoms with Gasteiger partial charge in [-0.1, -0.05) is 72.8 Å². The first-order valence-electron chi connectivity index (χ1n) is 10.8.